The summed E-state index contributed by atoms with van der Waals surface area (Å²) < 4.78 is 6.55. The third-order valence-corrected chi connectivity index (χ3v) is 3.07. The lowest BCUT2D eigenvalue weighted by Gasteiger charge is -2.21. The molecule has 0 aliphatic carbocycles. The summed E-state index contributed by atoms with van der Waals surface area (Å²) in [6.07, 6.45) is 1.76. The first-order chi connectivity index (χ1) is 7.47. The highest BCUT2D eigenvalue weighted by Crippen LogP contribution is 2.27. The minimum Gasteiger partial charge on any atom is -0.474 e. The molecular weight excluding hydrogens is 268 g/mol. The molecule has 1 aromatic heterocycles. The first kappa shape index (κ1) is 11.6. The van der Waals surface area contributed by atoms with Crippen LogP contribution in [-0.2, 0) is 4.74 Å². The fourth-order valence-corrected chi connectivity index (χ4v) is 1.69. The van der Waals surface area contributed by atoms with Crippen LogP contribution in [0.15, 0.2) is 27.8 Å². The monoisotopic (exact) mass is 282 g/mol. The van der Waals surface area contributed by atoms with Crippen LogP contribution >= 0.6 is 15.9 Å². The first-order valence-corrected chi connectivity index (χ1v) is 6.08. The van der Waals surface area contributed by atoms with Gasteiger partial charge in [0, 0.05) is 10.7 Å². The smallest absolute Gasteiger partial charge is 0.235 e. The van der Waals surface area contributed by atoms with Gasteiger partial charge in [-0.1, -0.05) is 20.8 Å². The standard InChI is InChI=1S/C12H15BrN2O/c1-12(2,3)10-7-16-11(15-10)9-5-4-8(13)6-14-9/h4-6,10H,7H2,1-3H3. The van der Waals surface area contributed by atoms with E-state index >= 15 is 0 Å². The summed E-state index contributed by atoms with van der Waals surface area (Å²) in [4.78, 5) is 8.85. The maximum absolute atomic E-state index is 5.59. The van der Waals surface area contributed by atoms with E-state index in [0.717, 1.165) is 10.2 Å². The Morgan fingerprint density at radius 2 is 2.12 bits per heavy atom. The predicted molar refractivity (Wildman–Crippen MR) is 67.7 cm³/mol. The van der Waals surface area contributed by atoms with Gasteiger partial charge in [-0.3, -0.25) is 4.98 Å². The van der Waals surface area contributed by atoms with Gasteiger partial charge in [0.1, 0.15) is 12.3 Å². The zero-order valence-corrected chi connectivity index (χ0v) is 11.3. The third-order valence-electron chi connectivity index (χ3n) is 2.60. The molecule has 1 unspecified atom stereocenters. The van der Waals surface area contributed by atoms with Crippen molar-refractivity contribution < 1.29 is 4.74 Å². The summed E-state index contributed by atoms with van der Waals surface area (Å²) in [5.41, 5.74) is 0.937. The lowest BCUT2D eigenvalue weighted by atomic mass is 9.88. The summed E-state index contributed by atoms with van der Waals surface area (Å²) in [6.45, 7) is 7.16. The average molecular weight is 283 g/mol. The molecule has 1 aliphatic rings. The SMILES string of the molecule is CC(C)(C)C1COC(c2ccc(Br)cn2)=N1. The van der Waals surface area contributed by atoms with Gasteiger partial charge in [0.05, 0.1) is 6.04 Å². The highest BCUT2D eigenvalue weighted by Gasteiger charge is 2.30. The fraction of sp³-hybridized carbons (Fsp3) is 0.500. The van der Waals surface area contributed by atoms with Crippen molar-refractivity contribution in [3.8, 4) is 0 Å². The predicted octanol–water partition coefficient (Wildman–Crippen LogP) is 3.04. The highest BCUT2D eigenvalue weighted by atomic mass is 79.9. The molecule has 1 aliphatic heterocycles. The molecule has 3 nitrogen and oxygen atoms in total. The molecule has 86 valence electrons. The number of hydrogen-bond acceptors (Lipinski definition) is 3. The molecule has 0 spiro atoms. The van der Waals surface area contributed by atoms with Crippen molar-refractivity contribution in [2.45, 2.75) is 26.8 Å². The normalized spacial score (nSPS) is 20.5. The maximum atomic E-state index is 5.59. The number of nitrogens with zero attached hydrogens (tertiary/aromatic N) is 2. The van der Waals surface area contributed by atoms with E-state index in [9.17, 15) is 0 Å². The lowest BCUT2D eigenvalue weighted by Crippen LogP contribution is -2.25. The van der Waals surface area contributed by atoms with Crippen LogP contribution in [0.1, 0.15) is 26.5 Å². The van der Waals surface area contributed by atoms with Crippen molar-refractivity contribution in [2.24, 2.45) is 10.4 Å². The summed E-state index contributed by atoms with van der Waals surface area (Å²) in [7, 11) is 0. The zero-order valence-electron chi connectivity index (χ0n) is 9.70. The van der Waals surface area contributed by atoms with Gasteiger partial charge < -0.3 is 4.74 Å². The van der Waals surface area contributed by atoms with Gasteiger partial charge in [0.15, 0.2) is 0 Å². The van der Waals surface area contributed by atoms with Crippen molar-refractivity contribution >= 4 is 21.8 Å². The molecule has 0 fully saturated rings. The Kier molecular flexibility index (Phi) is 3.02. The van der Waals surface area contributed by atoms with E-state index in [1.54, 1.807) is 6.20 Å². The van der Waals surface area contributed by atoms with E-state index < -0.39 is 0 Å². The molecule has 1 aromatic rings. The van der Waals surface area contributed by atoms with Gasteiger partial charge in [-0.15, -0.1) is 0 Å². The quantitative estimate of drug-likeness (QED) is 0.794. The second-order valence-electron chi connectivity index (χ2n) is 4.99. The summed E-state index contributed by atoms with van der Waals surface area (Å²) >= 11 is 3.35. The van der Waals surface area contributed by atoms with E-state index in [0.29, 0.717) is 12.5 Å². The maximum Gasteiger partial charge on any atom is 0.235 e. The Morgan fingerprint density at radius 3 is 2.62 bits per heavy atom. The van der Waals surface area contributed by atoms with Crippen LogP contribution in [-0.4, -0.2) is 23.5 Å². The molecule has 4 heteroatoms. The lowest BCUT2D eigenvalue weighted by molar-refractivity contribution is 0.235. The Hall–Kier alpha value is -0.900. The van der Waals surface area contributed by atoms with Gasteiger partial charge in [-0.25, -0.2) is 4.99 Å². The van der Waals surface area contributed by atoms with E-state index in [2.05, 4.69) is 46.7 Å². The molecule has 0 radical (unpaired) electrons. The molecular formula is C12H15BrN2O. The van der Waals surface area contributed by atoms with Crippen molar-refractivity contribution in [3.63, 3.8) is 0 Å². The molecule has 2 rings (SSSR count). The number of rotatable bonds is 1. The van der Waals surface area contributed by atoms with Crippen LogP contribution in [0.3, 0.4) is 0 Å². The number of aliphatic imine (C=N–C) groups is 1. The number of ether oxygens (including phenoxy) is 1. The van der Waals surface area contributed by atoms with Crippen LogP contribution < -0.4 is 0 Å². The van der Waals surface area contributed by atoms with Crippen LogP contribution in [0.2, 0.25) is 0 Å². The molecule has 0 aromatic carbocycles. The second kappa shape index (κ2) is 4.17. The van der Waals surface area contributed by atoms with E-state index in [4.69, 9.17) is 4.74 Å². The number of aromatic nitrogens is 1. The van der Waals surface area contributed by atoms with E-state index in [1.165, 1.54) is 0 Å². The van der Waals surface area contributed by atoms with Crippen molar-refractivity contribution in [3.05, 3.63) is 28.5 Å². The molecule has 0 saturated carbocycles. The Bertz CT molecular complexity index is 406. The molecule has 16 heavy (non-hydrogen) atoms. The van der Waals surface area contributed by atoms with Crippen molar-refractivity contribution in [2.75, 3.05) is 6.61 Å². The topological polar surface area (TPSA) is 34.5 Å². The third kappa shape index (κ3) is 2.43. The summed E-state index contributed by atoms with van der Waals surface area (Å²) in [6, 6.07) is 4.07. The molecule has 0 amide bonds. The van der Waals surface area contributed by atoms with E-state index in [1.807, 2.05) is 12.1 Å². The number of hydrogen-bond donors (Lipinski definition) is 0. The molecule has 0 N–H and O–H groups in total. The Morgan fingerprint density at radius 1 is 1.38 bits per heavy atom. The van der Waals surface area contributed by atoms with Gasteiger partial charge in [0.2, 0.25) is 5.90 Å². The number of halogens is 1. The fourth-order valence-electron chi connectivity index (χ4n) is 1.46. The minimum absolute atomic E-state index is 0.136. The molecule has 0 saturated heterocycles. The van der Waals surface area contributed by atoms with Gasteiger partial charge in [-0.2, -0.15) is 0 Å². The van der Waals surface area contributed by atoms with Crippen molar-refractivity contribution in [1.82, 2.24) is 4.98 Å². The van der Waals surface area contributed by atoms with Crippen LogP contribution in [0.4, 0.5) is 0 Å². The Balaban J connectivity index is 2.21. The minimum atomic E-state index is 0.136. The van der Waals surface area contributed by atoms with Crippen molar-refractivity contribution in [1.29, 1.82) is 0 Å². The zero-order chi connectivity index (χ0) is 11.8. The average Bonchev–Trinajstić information content (AvgIpc) is 2.67. The van der Waals surface area contributed by atoms with Crippen LogP contribution in [0.5, 0.6) is 0 Å². The second-order valence-corrected chi connectivity index (χ2v) is 5.90. The largest absolute Gasteiger partial charge is 0.474 e. The van der Waals surface area contributed by atoms with E-state index in [-0.39, 0.29) is 11.5 Å². The summed E-state index contributed by atoms with van der Waals surface area (Å²) in [5, 5.41) is 0. The van der Waals surface area contributed by atoms with Crippen LogP contribution in [0.25, 0.3) is 0 Å². The van der Waals surface area contributed by atoms with Gasteiger partial charge in [0.25, 0.3) is 0 Å². The molecule has 2 heterocycles. The summed E-state index contributed by atoms with van der Waals surface area (Å²) in [5.74, 6) is 0.660. The Labute approximate surface area is 104 Å². The van der Waals surface area contributed by atoms with Gasteiger partial charge >= 0.3 is 0 Å². The molecule has 0 bridgehead atoms. The highest BCUT2D eigenvalue weighted by molar-refractivity contribution is 9.10. The number of pyridine rings is 1. The van der Waals surface area contributed by atoms with Gasteiger partial charge in [-0.05, 0) is 33.5 Å². The first-order valence-electron chi connectivity index (χ1n) is 5.29. The molecule has 1 atom stereocenters. The van der Waals surface area contributed by atoms with Crippen LogP contribution in [0, 0.1) is 5.41 Å².